The van der Waals surface area contributed by atoms with E-state index in [1.165, 1.54) is 31.4 Å². The maximum absolute atomic E-state index is 12.7. The van der Waals surface area contributed by atoms with Crippen LogP contribution in [0.4, 0.5) is 5.69 Å². The van der Waals surface area contributed by atoms with E-state index in [0.717, 1.165) is 11.3 Å². The number of thiazole rings is 1. The van der Waals surface area contributed by atoms with Crippen molar-refractivity contribution in [3.63, 3.8) is 0 Å². The Bertz CT molecular complexity index is 1180. The van der Waals surface area contributed by atoms with Gasteiger partial charge in [-0.3, -0.25) is 14.9 Å². The molecular formula is C19H15N3O5S. The number of nitro groups is 1. The Labute approximate surface area is 163 Å². The maximum Gasteiger partial charge on any atom is 0.338 e. The van der Waals surface area contributed by atoms with Crippen molar-refractivity contribution in [3.05, 3.63) is 81.2 Å². The zero-order valence-corrected chi connectivity index (χ0v) is 15.6. The molecule has 0 aliphatic rings. The number of non-ortho nitro benzene ring substituents is 1. The molecule has 0 aliphatic heterocycles. The van der Waals surface area contributed by atoms with Crippen LogP contribution in [0.5, 0.6) is 0 Å². The van der Waals surface area contributed by atoms with Crippen molar-refractivity contribution in [1.82, 2.24) is 4.57 Å². The lowest BCUT2D eigenvalue weighted by Crippen LogP contribution is -2.17. The number of benzene rings is 2. The van der Waals surface area contributed by atoms with Crippen LogP contribution >= 0.6 is 11.3 Å². The van der Waals surface area contributed by atoms with Gasteiger partial charge in [0.15, 0.2) is 4.80 Å². The molecule has 3 aromatic rings. The highest BCUT2D eigenvalue weighted by molar-refractivity contribution is 7.16. The molecule has 0 N–H and O–H groups in total. The molecule has 0 bridgehead atoms. The van der Waals surface area contributed by atoms with Crippen molar-refractivity contribution in [2.24, 2.45) is 4.99 Å². The average molecular weight is 397 g/mol. The van der Waals surface area contributed by atoms with E-state index in [1.807, 2.05) is 0 Å². The summed E-state index contributed by atoms with van der Waals surface area (Å²) in [4.78, 5) is 39.7. The number of aromatic nitrogens is 1. The van der Waals surface area contributed by atoms with E-state index in [4.69, 9.17) is 4.74 Å². The number of methoxy groups -OCH3 is 1. The van der Waals surface area contributed by atoms with Gasteiger partial charge in [-0.2, -0.15) is 4.99 Å². The predicted octanol–water partition coefficient (Wildman–Crippen LogP) is 3.32. The first-order valence-electron chi connectivity index (χ1n) is 8.11. The van der Waals surface area contributed by atoms with Gasteiger partial charge in [-0.05, 0) is 18.2 Å². The Morgan fingerprint density at radius 1 is 1.29 bits per heavy atom. The predicted molar refractivity (Wildman–Crippen MR) is 104 cm³/mol. The first kappa shape index (κ1) is 19.2. The van der Waals surface area contributed by atoms with Crippen molar-refractivity contribution in [2.45, 2.75) is 6.54 Å². The Morgan fingerprint density at radius 3 is 2.64 bits per heavy atom. The van der Waals surface area contributed by atoms with E-state index in [-0.39, 0.29) is 16.8 Å². The van der Waals surface area contributed by atoms with Crippen LogP contribution in [0.3, 0.4) is 0 Å². The van der Waals surface area contributed by atoms with Crippen LogP contribution in [0.25, 0.3) is 10.2 Å². The van der Waals surface area contributed by atoms with E-state index >= 15 is 0 Å². The molecule has 0 spiro atoms. The van der Waals surface area contributed by atoms with Gasteiger partial charge in [0.1, 0.15) is 0 Å². The first-order valence-corrected chi connectivity index (χ1v) is 8.93. The average Bonchev–Trinajstić information content (AvgIpc) is 3.03. The third kappa shape index (κ3) is 3.60. The van der Waals surface area contributed by atoms with Crippen LogP contribution in [0.15, 0.2) is 60.1 Å². The van der Waals surface area contributed by atoms with Gasteiger partial charge >= 0.3 is 5.97 Å². The largest absolute Gasteiger partial charge is 0.465 e. The van der Waals surface area contributed by atoms with Crippen molar-refractivity contribution in [1.29, 1.82) is 0 Å². The fourth-order valence-corrected chi connectivity index (χ4v) is 3.74. The van der Waals surface area contributed by atoms with Gasteiger partial charge in [-0.1, -0.05) is 29.5 Å². The summed E-state index contributed by atoms with van der Waals surface area (Å²) in [5, 5.41) is 11.0. The number of ether oxygens (including phenoxy) is 1. The molecule has 0 radical (unpaired) electrons. The van der Waals surface area contributed by atoms with Crippen LogP contribution in [0, 0.1) is 10.1 Å². The number of hydrogen-bond donors (Lipinski definition) is 0. The van der Waals surface area contributed by atoms with E-state index in [9.17, 15) is 19.7 Å². The SMILES string of the molecule is C=CCn1c(=NC(=O)c2ccccc2C(=O)OC)sc2cc([N+](=O)[O-])ccc21. The fraction of sp³-hybridized carbons (Fsp3) is 0.105. The standard InChI is InChI=1S/C19H15N3O5S/c1-3-10-21-15-9-8-12(22(25)26)11-16(15)28-19(21)20-17(23)13-6-4-5-7-14(13)18(24)27-2/h3-9,11H,1,10H2,2H3. The molecule has 9 heteroatoms. The number of esters is 1. The van der Waals surface area contributed by atoms with Crippen LogP contribution in [0.1, 0.15) is 20.7 Å². The van der Waals surface area contributed by atoms with Crippen molar-refractivity contribution < 1.29 is 19.2 Å². The van der Waals surface area contributed by atoms with Gasteiger partial charge in [-0.25, -0.2) is 4.79 Å². The highest BCUT2D eigenvalue weighted by atomic mass is 32.1. The lowest BCUT2D eigenvalue weighted by molar-refractivity contribution is -0.384. The highest BCUT2D eigenvalue weighted by Gasteiger charge is 2.18. The lowest BCUT2D eigenvalue weighted by atomic mass is 10.1. The Morgan fingerprint density at radius 2 is 2.00 bits per heavy atom. The van der Waals surface area contributed by atoms with E-state index in [1.54, 1.807) is 28.8 Å². The monoisotopic (exact) mass is 397 g/mol. The summed E-state index contributed by atoms with van der Waals surface area (Å²) in [5.74, 6) is -1.25. The van der Waals surface area contributed by atoms with Crippen LogP contribution < -0.4 is 4.80 Å². The first-order chi connectivity index (χ1) is 13.5. The number of allylic oxidation sites excluding steroid dienone is 1. The molecule has 0 atom stereocenters. The molecule has 0 unspecified atom stereocenters. The fourth-order valence-electron chi connectivity index (χ4n) is 2.67. The van der Waals surface area contributed by atoms with Gasteiger partial charge in [-0.15, -0.1) is 6.58 Å². The van der Waals surface area contributed by atoms with Gasteiger partial charge in [0.25, 0.3) is 11.6 Å². The second-order valence-electron chi connectivity index (χ2n) is 5.65. The van der Waals surface area contributed by atoms with Gasteiger partial charge in [0.2, 0.25) is 0 Å². The minimum atomic E-state index is -0.634. The van der Waals surface area contributed by atoms with E-state index < -0.39 is 16.8 Å². The number of nitrogens with zero attached hydrogens (tertiary/aromatic N) is 3. The highest BCUT2D eigenvalue weighted by Crippen LogP contribution is 2.23. The topological polar surface area (TPSA) is 104 Å². The minimum absolute atomic E-state index is 0.0478. The lowest BCUT2D eigenvalue weighted by Gasteiger charge is -2.04. The molecule has 1 amide bonds. The Balaban J connectivity index is 2.17. The normalized spacial score (nSPS) is 11.4. The summed E-state index contributed by atoms with van der Waals surface area (Å²) >= 11 is 1.15. The summed E-state index contributed by atoms with van der Waals surface area (Å²) < 4.78 is 7.06. The number of rotatable bonds is 5. The van der Waals surface area contributed by atoms with E-state index in [2.05, 4.69) is 11.6 Å². The summed E-state index contributed by atoms with van der Waals surface area (Å²) in [7, 11) is 1.23. The molecule has 0 fully saturated rings. The molecule has 1 aromatic heterocycles. The summed E-state index contributed by atoms with van der Waals surface area (Å²) in [6.45, 7) is 4.07. The Kier molecular flexibility index (Phi) is 5.46. The molecule has 0 aliphatic carbocycles. The second-order valence-corrected chi connectivity index (χ2v) is 6.66. The smallest absolute Gasteiger partial charge is 0.338 e. The molecule has 2 aromatic carbocycles. The van der Waals surface area contributed by atoms with Crippen LogP contribution in [0.2, 0.25) is 0 Å². The molecule has 0 saturated carbocycles. The van der Waals surface area contributed by atoms with Crippen LogP contribution in [-0.2, 0) is 11.3 Å². The van der Waals surface area contributed by atoms with Crippen molar-refractivity contribution in [2.75, 3.05) is 7.11 Å². The molecule has 8 nitrogen and oxygen atoms in total. The number of nitro benzene ring substituents is 1. The summed E-state index contributed by atoms with van der Waals surface area (Å²) in [6.07, 6.45) is 1.64. The van der Waals surface area contributed by atoms with Crippen molar-refractivity contribution >= 4 is 39.1 Å². The third-order valence-corrected chi connectivity index (χ3v) is 4.99. The minimum Gasteiger partial charge on any atom is -0.465 e. The van der Waals surface area contributed by atoms with Crippen LogP contribution in [-0.4, -0.2) is 28.5 Å². The summed E-state index contributed by atoms with van der Waals surface area (Å²) in [5.41, 5.74) is 0.880. The zero-order chi connectivity index (χ0) is 20.3. The second kappa shape index (κ2) is 7.97. The van der Waals surface area contributed by atoms with Crippen molar-refractivity contribution in [3.8, 4) is 0 Å². The number of amides is 1. The maximum atomic E-state index is 12.7. The quantitative estimate of drug-likeness (QED) is 0.284. The van der Waals surface area contributed by atoms with E-state index in [0.29, 0.717) is 21.6 Å². The summed E-state index contributed by atoms with van der Waals surface area (Å²) in [6, 6.07) is 10.7. The zero-order valence-electron chi connectivity index (χ0n) is 14.8. The molecular weight excluding hydrogens is 382 g/mol. The van der Waals surface area contributed by atoms with Gasteiger partial charge < -0.3 is 9.30 Å². The third-order valence-electron chi connectivity index (χ3n) is 3.95. The molecule has 1 heterocycles. The molecule has 3 rings (SSSR count). The molecule has 142 valence electrons. The number of carbonyl (C=O) groups is 2. The van der Waals surface area contributed by atoms with Gasteiger partial charge in [0, 0.05) is 18.7 Å². The molecule has 28 heavy (non-hydrogen) atoms. The number of carbonyl (C=O) groups excluding carboxylic acids is 2. The number of fused-ring (bicyclic) bond motifs is 1. The Hall–Kier alpha value is -3.59. The molecule has 0 saturated heterocycles. The van der Waals surface area contributed by atoms with Gasteiger partial charge in [0.05, 0.1) is 33.4 Å². The number of hydrogen-bond acceptors (Lipinski definition) is 6.